The van der Waals surface area contributed by atoms with Gasteiger partial charge in [0.15, 0.2) is 0 Å². The van der Waals surface area contributed by atoms with Crippen LogP contribution in [-0.2, 0) is 6.54 Å². The molecule has 0 spiro atoms. The Morgan fingerprint density at radius 2 is 1.75 bits per heavy atom. The fraction of sp³-hybridized carbons (Fsp3) is 0.429. The zero-order valence-corrected chi connectivity index (χ0v) is 14.8. The number of likely N-dealkylation sites (tertiary alicyclic amines) is 1. The monoisotopic (exact) mass is 324 g/mol. The molecule has 2 aromatic carbocycles. The summed E-state index contributed by atoms with van der Waals surface area (Å²) < 4.78 is 5.51. The molecule has 3 heteroatoms. The molecule has 0 aromatic heterocycles. The minimum atomic E-state index is 0.586. The third-order valence-corrected chi connectivity index (χ3v) is 4.73. The molecular weight excluding hydrogens is 296 g/mol. The van der Waals surface area contributed by atoms with Crippen LogP contribution >= 0.6 is 0 Å². The Morgan fingerprint density at radius 3 is 2.42 bits per heavy atom. The van der Waals surface area contributed by atoms with Gasteiger partial charge in [0, 0.05) is 31.4 Å². The van der Waals surface area contributed by atoms with E-state index in [0.717, 1.165) is 32.0 Å². The number of aryl methyl sites for hydroxylation is 1. The predicted octanol–water partition coefficient (Wildman–Crippen LogP) is 4.47. The number of ether oxygens (including phenoxy) is 1. The summed E-state index contributed by atoms with van der Waals surface area (Å²) in [4.78, 5) is 2.55. The third kappa shape index (κ3) is 4.51. The van der Waals surface area contributed by atoms with Crippen molar-refractivity contribution in [3.05, 3.63) is 59.7 Å². The van der Waals surface area contributed by atoms with Gasteiger partial charge in [0.25, 0.3) is 0 Å². The molecule has 0 unspecified atom stereocenters. The number of benzene rings is 2. The highest BCUT2D eigenvalue weighted by atomic mass is 16.5. The van der Waals surface area contributed by atoms with E-state index in [-0.39, 0.29) is 0 Å². The van der Waals surface area contributed by atoms with Crippen LogP contribution in [0.1, 0.15) is 30.9 Å². The minimum Gasteiger partial charge on any atom is -0.494 e. The number of hydrogen-bond donors (Lipinski definition) is 1. The standard InChI is InChI=1S/C21H28N2O/c1-3-24-20-10-8-18(9-11-20)16-23-14-12-19(13-15-23)22-21-7-5-4-6-17(21)2/h4-11,19,22H,3,12-16H2,1-2H3. The summed E-state index contributed by atoms with van der Waals surface area (Å²) in [5.74, 6) is 0.961. The molecule has 1 fully saturated rings. The molecule has 0 amide bonds. The molecule has 2 aromatic rings. The first-order valence-corrected chi connectivity index (χ1v) is 9.01. The van der Waals surface area contributed by atoms with Gasteiger partial charge in [-0.3, -0.25) is 4.90 Å². The highest BCUT2D eigenvalue weighted by Gasteiger charge is 2.19. The van der Waals surface area contributed by atoms with Crippen molar-refractivity contribution in [3.8, 4) is 5.75 Å². The molecule has 1 aliphatic heterocycles. The van der Waals surface area contributed by atoms with E-state index < -0.39 is 0 Å². The van der Waals surface area contributed by atoms with Crippen LogP contribution in [0.2, 0.25) is 0 Å². The van der Waals surface area contributed by atoms with E-state index in [2.05, 4.69) is 65.7 Å². The summed E-state index contributed by atoms with van der Waals surface area (Å²) in [5.41, 5.74) is 3.97. The van der Waals surface area contributed by atoms with E-state index in [1.54, 1.807) is 0 Å². The van der Waals surface area contributed by atoms with Crippen molar-refractivity contribution in [2.45, 2.75) is 39.3 Å². The summed E-state index contributed by atoms with van der Waals surface area (Å²) in [6, 6.07) is 17.7. The quantitative estimate of drug-likeness (QED) is 0.848. The lowest BCUT2D eigenvalue weighted by Gasteiger charge is -2.33. The third-order valence-electron chi connectivity index (χ3n) is 4.73. The van der Waals surface area contributed by atoms with E-state index in [1.807, 2.05) is 6.92 Å². The Kier molecular flexibility index (Phi) is 5.76. The lowest BCUT2D eigenvalue weighted by atomic mass is 10.0. The normalized spacial score (nSPS) is 16.1. The number of rotatable bonds is 6. The Morgan fingerprint density at radius 1 is 1.04 bits per heavy atom. The van der Waals surface area contributed by atoms with Gasteiger partial charge >= 0.3 is 0 Å². The summed E-state index contributed by atoms with van der Waals surface area (Å²) >= 11 is 0. The van der Waals surface area contributed by atoms with E-state index in [0.29, 0.717) is 6.04 Å². The molecule has 1 saturated heterocycles. The van der Waals surface area contributed by atoms with Crippen LogP contribution in [0.15, 0.2) is 48.5 Å². The van der Waals surface area contributed by atoms with Gasteiger partial charge < -0.3 is 10.1 Å². The van der Waals surface area contributed by atoms with Gasteiger partial charge in [0.05, 0.1) is 6.61 Å². The van der Waals surface area contributed by atoms with E-state index in [9.17, 15) is 0 Å². The van der Waals surface area contributed by atoms with Crippen molar-refractivity contribution in [2.24, 2.45) is 0 Å². The highest BCUT2D eigenvalue weighted by molar-refractivity contribution is 5.50. The lowest BCUT2D eigenvalue weighted by molar-refractivity contribution is 0.211. The van der Waals surface area contributed by atoms with Gasteiger partial charge in [-0.05, 0) is 56.0 Å². The molecule has 1 heterocycles. The number of nitrogens with zero attached hydrogens (tertiary/aromatic N) is 1. The maximum atomic E-state index is 5.51. The number of hydrogen-bond acceptors (Lipinski definition) is 3. The lowest BCUT2D eigenvalue weighted by Crippen LogP contribution is -2.38. The van der Waals surface area contributed by atoms with Crippen molar-refractivity contribution < 1.29 is 4.74 Å². The molecule has 0 radical (unpaired) electrons. The predicted molar refractivity (Wildman–Crippen MR) is 101 cm³/mol. The second-order valence-electron chi connectivity index (χ2n) is 6.59. The molecule has 3 nitrogen and oxygen atoms in total. The van der Waals surface area contributed by atoms with E-state index >= 15 is 0 Å². The Balaban J connectivity index is 1.47. The number of piperidine rings is 1. The Labute approximate surface area is 145 Å². The zero-order chi connectivity index (χ0) is 16.8. The Hall–Kier alpha value is -2.00. The first-order valence-electron chi connectivity index (χ1n) is 9.01. The minimum absolute atomic E-state index is 0.586. The second kappa shape index (κ2) is 8.20. The molecule has 24 heavy (non-hydrogen) atoms. The summed E-state index contributed by atoms with van der Waals surface area (Å²) in [6.07, 6.45) is 2.40. The average Bonchev–Trinajstić information content (AvgIpc) is 2.61. The van der Waals surface area contributed by atoms with Crippen LogP contribution in [0.5, 0.6) is 5.75 Å². The van der Waals surface area contributed by atoms with Crippen LogP contribution in [-0.4, -0.2) is 30.6 Å². The molecule has 0 bridgehead atoms. The number of para-hydroxylation sites is 1. The van der Waals surface area contributed by atoms with Crippen LogP contribution in [0, 0.1) is 6.92 Å². The molecule has 0 saturated carbocycles. The maximum Gasteiger partial charge on any atom is 0.119 e. The maximum absolute atomic E-state index is 5.51. The SMILES string of the molecule is CCOc1ccc(CN2CCC(Nc3ccccc3C)CC2)cc1. The van der Waals surface area contributed by atoms with Gasteiger partial charge in [-0.2, -0.15) is 0 Å². The van der Waals surface area contributed by atoms with Crippen LogP contribution in [0.3, 0.4) is 0 Å². The van der Waals surface area contributed by atoms with Gasteiger partial charge in [-0.15, -0.1) is 0 Å². The fourth-order valence-corrected chi connectivity index (χ4v) is 3.31. The van der Waals surface area contributed by atoms with Crippen molar-refractivity contribution in [1.29, 1.82) is 0 Å². The first kappa shape index (κ1) is 16.8. The zero-order valence-electron chi connectivity index (χ0n) is 14.8. The molecule has 0 aliphatic carbocycles. The molecule has 1 aliphatic rings. The van der Waals surface area contributed by atoms with Crippen molar-refractivity contribution >= 4 is 5.69 Å². The van der Waals surface area contributed by atoms with Crippen molar-refractivity contribution in [2.75, 3.05) is 25.0 Å². The topological polar surface area (TPSA) is 24.5 Å². The molecule has 0 atom stereocenters. The largest absolute Gasteiger partial charge is 0.494 e. The fourth-order valence-electron chi connectivity index (χ4n) is 3.31. The van der Waals surface area contributed by atoms with E-state index in [1.165, 1.54) is 29.7 Å². The molecular formula is C21H28N2O. The summed E-state index contributed by atoms with van der Waals surface area (Å²) in [7, 11) is 0. The highest BCUT2D eigenvalue weighted by Crippen LogP contribution is 2.21. The van der Waals surface area contributed by atoms with Crippen molar-refractivity contribution in [3.63, 3.8) is 0 Å². The smallest absolute Gasteiger partial charge is 0.119 e. The Bertz CT molecular complexity index is 631. The summed E-state index contributed by atoms with van der Waals surface area (Å²) in [5, 5.41) is 3.71. The average molecular weight is 324 g/mol. The molecule has 1 N–H and O–H groups in total. The first-order chi connectivity index (χ1) is 11.7. The van der Waals surface area contributed by atoms with Crippen molar-refractivity contribution in [1.82, 2.24) is 4.90 Å². The molecule has 3 rings (SSSR count). The van der Waals surface area contributed by atoms with Crippen LogP contribution < -0.4 is 10.1 Å². The van der Waals surface area contributed by atoms with Gasteiger partial charge in [-0.25, -0.2) is 0 Å². The van der Waals surface area contributed by atoms with Gasteiger partial charge in [0.1, 0.15) is 5.75 Å². The number of nitrogens with one attached hydrogen (secondary N) is 1. The van der Waals surface area contributed by atoms with Gasteiger partial charge in [0.2, 0.25) is 0 Å². The van der Waals surface area contributed by atoms with Crippen LogP contribution in [0.25, 0.3) is 0 Å². The molecule has 128 valence electrons. The van der Waals surface area contributed by atoms with Crippen LogP contribution in [0.4, 0.5) is 5.69 Å². The second-order valence-corrected chi connectivity index (χ2v) is 6.59. The van der Waals surface area contributed by atoms with Gasteiger partial charge in [-0.1, -0.05) is 30.3 Å². The van der Waals surface area contributed by atoms with E-state index in [4.69, 9.17) is 4.74 Å². The number of anilines is 1. The summed E-state index contributed by atoms with van der Waals surface area (Å²) in [6.45, 7) is 8.24.